The van der Waals surface area contributed by atoms with Gasteiger partial charge in [-0.1, -0.05) is 30.4 Å². The van der Waals surface area contributed by atoms with E-state index in [1.165, 1.54) is 7.11 Å². The lowest BCUT2D eigenvalue weighted by molar-refractivity contribution is -0.148. The Morgan fingerprint density at radius 2 is 2.11 bits per heavy atom. The van der Waals surface area contributed by atoms with E-state index in [2.05, 4.69) is 0 Å². The van der Waals surface area contributed by atoms with Crippen LogP contribution in [0.4, 0.5) is 0 Å². The normalized spacial score (nSPS) is 16.9. The van der Waals surface area contributed by atoms with Gasteiger partial charge in [0.15, 0.2) is 0 Å². The fourth-order valence-corrected chi connectivity index (χ4v) is 2.35. The number of benzene rings is 1. The highest BCUT2D eigenvalue weighted by Crippen LogP contribution is 2.40. The van der Waals surface area contributed by atoms with Gasteiger partial charge in [0.2, 0.25) is 0 Å². The lowest BCUT2D eigenvalue weighted by Crippen LogP contribution is -2.45. The number of allylic oxidation sites excluding steroid dienone is 1. The first-order valence-corrected chi connectivity index (χ1v) is 6.67. The van der Waals surface area contributed by atoms with E-state index in [4.69, 9.17) is 9.47 Å². The highest BCUT2D eigenvalue weighted by atomic mass is 16.5. The minimum atomic E-state index is -0.370. The summed E-state index contributed by atoms with van der Waals surface area (Å²) in [7, 11) is 1.42. The Labute approximate surface area is 114 Å². The minimum Gasteiger partial charge on any atom is -0.486 e. The van der Waals surface area contributed by atoms with Crippen molar-refractivity contribution in [3.8, 4) is 5.75 Å². The number of hydrogen-bond donors (Lipinski definition) is 0. The molecule has 0 saturated heterocycles. The zero-order valence-corrected chi connectivity index (χ0v) is 11.5. The third kappa shape index (κ3) is 3.16. The first kappa shape index (κ1) is 13.7. The van der Waals surface area contributed by atoms with Gasteiger partial charge in [-0.3, -0.25) is 4.79 Å². The van der Waals surface area contributed by atoms with E-state index >= 15 is 0 Å². The zero-order chi connectivity index (χ0) is 13.7. The molecule has 0 aromatic heterocycles. The van der Waals surface area contributed by atoms with Crippen LogP contribution in [0.1, 0.15) is 38.2 Å². The summed E-state index contributed by atoms with van der Waals surface area (Å²) in [5.41, 5.74) is 0.672. The second-order valence-corrected chi connectivity index (χ2v) is 4.93. The van der Waals surface area contributed by atoms with Gasteiger partial charge in [0, 0.05) is 5.56 Å². The van der Waals surface area contributed by atoms with Gasteiger partial charge >= 0.3 is 5.97 Å². The molecule has 0 atom stereocenters. The Balaban J connectivity index is 2.16. The molecule has 1 fully saturated rings. The van der Waals surface area contributed by atoms with Gasteiger partial charge < -0.3 is 9.47 Å². The van der Waals surface area contributed by atoms with Crippen molar-refractivity contribution in [2.45, 2.75) is 38.2 Å². The summed E-state index contributed by atoms with van der Waals surface area (Å²) < 4.78 is 10.9. The fraction of sp³-hybridized carbons (Fsp3) is 0.438. The molecule has 102 valence electrons. The van der Waals surface area contributed by atoms with Crippen molar-refractivity contribution < 1.29 is 14.3 Å². The van der Waals surface area contributed by atoms with Gasteiger partial charge in [-0.2, -0.15) is 0 Å². The largest absolute Gasteiger partial charge is 0.486 e. The van der Waals surface area contributed by atoms with E-state index < -0.39 is 0 Å². The van der Waals surface area contributed by atoms with Crippen LogP contribution in [0.15, 0.2) is 30.3 Å². The number of methoxy groups -OCH3 is 1. The van der Waals surface area contributed by atoms with Crippen LogP contribution in [-0.4, -0.2) is 18.7 Å². The molecule has 0 N–H and O–H groups in total. The third-order valence-electron chi connectivity index (χ3n) is 3.55. The van der Waals surface area contributed by atoms with Crippen molar-refractivity contribution in [3.05, 3.63) is 35.9 Å². The molecule has 0 amide bonds. The Kier molecular flexibility index (Phi) is 4.25. The van der Waals surface area contributed by atoms with Crippen molar-refractivity contribution >= 4 is 12.0 Å². The maximum atomic E-state index is 11.5. The number of carbonyl (C=O) groups excluding carboxylic acids is 1. The van der Waals surface area contributed by atoms with E-state index in [-0.39, 0.29) is 11.6 Å². The standard InChI is InChI=1S/C16H20O3/c1-3-7-13-8-4-5-9-14(13)19-16(10-6-11-16)12-15(17)18-2/h3-5,7-9H,6,10-12H2,1-2H3/b7-3+. The number of para-hydroxylation sites is 1. The van der Waals surface area contributed by atoms with E-state index in [1.54, 1.807) is 0 Å². The van der Waals surface area contributed by atoms with Gasteiger partial charge in [0.1, 0.15) is 11.4 Å². The molecule has 0 aliphatic heterocycles. The summed E-state index contributed by atoms with van der Waals surface area (Å²) in [6.45, 7) is 1.98. The average Bonchev–Trinajstić information content (AvgIpc) is 2.38. The molecule has 1 aromatic rings. The van der Waals surface area contributed by atoms with E-state index in [9.17, 15) is 4.79 Å². The summed E-state index contributed by atoms with van der Waals surface area (Å²) in [6.07, 6.45) is 7.24. The van der Waals surface area contributed by atoms with Crippen molar-refractivity contribution in [3.63, 3.8) is 0 Å². The molecule has 0 spiro atoms. The maximum Gasteiger partial charge on any atom is 0.309 e. The SMILES string of the molecule is C/C=C/c1ccccc1OC1(CC(=O)OC)CCC1. The fourth-order valence-electron chi connectivity index (χ4n) is 2.35. The molecule has 0 unspecified atom stereocenters. The Morgan fingerprint density at radius 1 is 1.37 bits per heavy atom. The first-order valence-electron chi connectivity index (χ1n) is 6.67. The molecule has 19 heavy (non-hydrogen) atoms. The van der Waals surface area contributed by atoms with Crippen LogP contribution in [0.3, 0.4) is 0 Å². The molecule has 0 radical (unpaired) electrons. The third-order valence-corrected chi connectivity index (χ3v) is 3.55. The Bertz CT molecular complexity index is 473. The van der Waals surface area contributed by atoms with Gasteiger partial charge in [0.25, 0.3) is 0 Å². The second kappa shape index (κ2) is 5.91. The van der Waals surface area contributed by atoms with E-state index in [0.29, 0.717) is 6.42 Å². The van der Waals surface area contributed by atoms with Crippen LogP contribution in [0.2, 0.25) is 0 Å². The van der Waals surface area contributed by atoms with Crippen LogP contribution >= 0.6 is 0 Å². The topological polar surface area (TPSA) is 35.5 Å². The number of hydrogen-bond acceptors (Lipinski definition) is 3. The van der Waals surface area contributed by atoms with Gasteiger partial charge in [-0.05, 0) is 32.3 Å². The highest BCUT2D eigenvalue weighted by Gasteiger charge is 2.42. The van der Waals surface area contributed by atoms with Crippen molar-refractivity contribution in [1.29, 1.82) is 0 Å². The van der Waals surface area contributed by atoms with Crippen molar-refractivity contribution in [2.24, 2.45) is 0 Å². The number of carbonyl (C=O) groups is 1. The summed E-state index contributed by atoms with van der Waals surface area (Å²) in [5, 5.41) is 0. The van der Waals surface area contributed by atoms with Crippen LogP contribution in [0, 0.1) is 0 Å². The average molecular weight is 260 g/mol. The lowest BCUT2D eigenvalue weighted by Gasteiger charge is -2.41. The summed E-state index contributed by atoms with van der Waals surface area (Å²) in [6, 6.07) is 7.90. The van der Waals surface area contributed by atoms with Gasteiger partial charge in [-0.25, -0.2) is 0 Å². The molecular weight excluding hydrogens is 240 g/mol. The zero-order valence-electron chi connectivity index (χ0n) is 11.5. The predicted octanol–water partition coefficient (Wildman–Crippen LogP) is 3.58. The molecule has 0 bridgehead atoms. The van der Waals surface area contributed by atoms with Crippen LogP contribution in [0.5, 0.6) is 5.75 Å². The molecule has 1 aromatic carbocycles. The summed E-state index contributed by atoms with van der Waals surface area (Å²) in [5.74, 6) is 0.632. The molecule has 1 saturated carbocycles. The van der Waals surface area contributed by atoms with Crippen LogP contribution in [-0.2, 0) is 9.53 Å². The molecule has 1 aliphatic rings. The predicted molar refractivity (Wildman–Crippen MR) is 75.0 cm³/mol. The quantitative estimate of drug-likeness (QED) is 0.759. The van der Waals surface area contributed by atoms with Crippen molar-refractivity contribution in [2.75, 3.05) is 7.11 Å². The van der Waals surface area contributed by atoms with Gasteiger partial charge in [-0.15, -0.1) is 0 Å². The minimum absolute atomic E-state index is 0.205. The molecular formula is C16H20O3. The molecule has 0 heterocycles. The molecule has 2 rings (SSSR count). The van der Waals surface area contributed by atoms with Crippen LogP contribution < -0.4 is 4.74 Å². The van der Waals surface area contributed by atoms with Crippen molar-refractivity contribution in [1.82, 2.24) is 0 Å². The molecule has 3 nitrogen and oxygen atoms in total. The highest BCUT2D eigenvalue weighted by molar-refractivity contribution is 5.71. The number of rotatable bonds is 5. The van der Waals surface area contributed by atoms with E-state index in [1.807, 2.05) is 43.3 Å². The maximum absolute atomic E-state index is 11.5. The Morgan fingerprint density at radius 3 is 2.68 bits per heavy atom. The van der Waals surface area contributed by atoms with Gasteiger partial charge in [0.05, 0.1) is 13.5 Å². The Hall–Kier alpha value is -1.77. The monoisotopic (exact) mass is 260 g/mol. The van der Waals surface area contributed by atoms with Crippen LogP contribution in [0.25, 0.3) is 6.08 Å². The lowest BCUT2D eigenvalue weighted by atomic mass is 9.77. The van der Waals surface area contributed by atoms with E-state index in [0.717, 1.165) is 30.6 Å². The summed E-state index contributed by atoms with van der Waals surface area (Å²) >= 11 is 0. The smallest absolute Gasteiger partial charge is 0.309 e. The first-order chi connectivity index (χ1) is 9.19. The molecule has 1 aliphatic carbocycles. The molecule has 3 heteroatoms. The second-order valence-electron chi connectivity index (χ2n) is 4.93. The number of esters is 1. The summed E-state index contributed by atoms with van der Waals surface area (Å²) in [4.78, 5) is 11.5. The number of ether oxygens (including phenoxy) is 2.